The molecule has 0 radical (unpaired) electrons. The Balaban J connectivity index is 2.54. The van der Waals surface area contributed by atoms with Gasteiger partial charge in [0.15, 0.2) is 6.61 Å². The van der Waals surface area contributed by atoms with Gasteiger partial charge in [-0.05, 0) is 39.0 Å². The Morgan fingerprint density at radius 3 is 2.50 bits per heavy atom. The van der Waals surface area contributed by atoms with Crippen molar-refractivity contribution >= 4 is 45.3 Å². The molecule has 0 saturated carbocycles. The fourth-order valence-electron chi connectivity index (χ4n) is 1.73. The van der Waals surface area contributed by atoms with E-state index >= 15 is 0 Å². The van der Waals surface area contributed by atoms with Crippen LogP contribution in [-0.2, 0) is 14.3 Å². The molecule has 0 aliphatic rings. The van der Waals surface area contributed by atoms with E-state index in [2.05, 4.69) is 21.2 Å². The van der Waals surface area contributed by atoms with Gasteiger partial charge in [0.2, 0.25) is 5.91 Å². The minimum atomic E-state index is -0.706. The molecule has 1 aromatic carbocycles. The lowest BCUT2D eigenvalue weighted by Gasteiger charge is -2.23. The van der Waals surface area contributed by atoms with Crippen molar-refractivity contribution < 1.29 is 19.1 Å². The molecule has 0 heterocycles. The van der Waals surface area contributed by atoms with Crippen LogP contribution < -0.4 is 5.32 Å². The molecule has 8 heteroatoms. The van der Waals surface area contributed by atoms with Gasteiger partial charge in [0.25, 0.3) is 5.91 Å². The number of nitrogens with zero attached hydrogens (tertiary/aromatic N) is 1. The predicted molar refractivity (Wildman–Crippen MR) is 95.0 cm³/mol. The smallest absolute Gasteiger partial charge is 0.340 e. The minimum absolute atomic E-state index is 0.120. The van der Waals surface area contributed by atoms with Crippen LogP contribution in [0, 0.1) is 0 Å². The minimum Gasteiger partial charge on any atom is -0.452 e. The summed E-state index contributed by atoms with van der Waals surface area (Å²) >= 11 is 9.16. The molecule has 1 rings (SSSR count). The van der Waals surface area contributed by atoms with Crippen LogP contribution in [0.5, 0.6) is 0 Å². The maximum atomic E-state index is 12.0. The third-order valence-corrected chi connectivity index (χ3v) is 3.62. The summed E-state index contributed by atoms with van der Waals surface area (Å²) in [5.74, 6) is -1.49. The number of esters is 1. The number of carbonyl (C=O) groups excluding carboxylic acids is 3. The van der Waals surface area contributed by atoms with Crippen molar-refractivity contribution in [3.05, 3.63) is 33.3 Å². The van der Waals surface area contributed by atoms with Crippen LogP contribution in [0.3, 0.4) is 0 Å². The van der Waals surface area contributed by atoms with E-state index in [1.54, 1.807) is 12.1 Å². The highest BCUT2D eigenvalue weighted by Gasteiger charge is 2.20. The lowest BCUT2D eigenvalue weighted by atomic mass is 10.1. The second-order valence-corrected chi connectivity index (χ2v) is 7.57. The Labute approximate surface area is 154 Å². The molecule has 0 saturated heterocycles. The first-order valence-electron chi connectivity index (χ1n) is 7.17. The van der Waals surface area contributed by atoms with Crippen LogP contribution in [-0.4, -0.2) is 48.4 Å². The van der Waals surface area contributed by atoms with Gasteiger partial charge < -0.3 is 15.0 Å². The summed E-state index contributed by atoms with van der Waals surface area (Å²) in [6, 6.07) is 4.74. The van der Waals surface area contributed by atoms with E-state index in [4.69, 9.17) is 16.3 Å². The van der Waals surface area contributed by atoms with Crippen LogP contribution >= 0.6 is 27.5 Å². The zero-order valence-corrected chi connectivity index (χ0v) is 16.3. The van der Waals surface area contributed by atoms with Crippen molar-refractivity contribution in [1.82, 2.24) is 10.2 Å². The fourth-order valence-corrected chi connectivity index (χ4v) is 2.29. The number of hydrogen-bond donors (Lipinski definition) is 1. The molecule has 1 N–H and O–H groups in total. The number of carbonyl (C=O) groups is 3. The van der Waals surface area contributed by atoms with E-state index in [-0.39, 0.29) is 28.6 Å². The number of halogens is 2. The second-order valence-electron chi connectivity index (χ2n) is 6.25. The summed E-state index contributed by atoms with van der Waals surface area (Å²) in [6.45, 7) is 4.94. The number of ether oxygens (including phenoxy) is 1. The van der Waals surface area contributed by atoms with Crippen LogP contribution in [0.4, 0.5) is 0 Å². The normalized spacial score (nSPS) is 10.9. The average molecular weight is 420 g/mol. The summed E-state index contributed by atoms with van der Waals surface area (Å²) in [5, 5.41) is 2.98. The van der Waals surface area contributed by atoms with E-state index in [9.17, 15) is 14.4 Å². The van der Waals surface area contributed by atoms with Crippen molar-refractivity contribution in [1.29, 1.82) is 0 Å². The van der Waals surface area contributed by atoms with Gasteiger partial charge in [0, 0.05) is 17.1 Å². The highest BCUT2D eigenvalue weighted by atomic mass is 79.9. The highest BCUT2D eigenvalue weighted by molar-refractivity contribution is 9.10. The van der Waals surface area contributed by atoms with Crippen molar-refractivity contribution in [3.8, 4) is 0 Å². The second kappa shape index (κ2) is 8.48. The van der Waals surface area contributed by atoms with Crippen molar-refractivity contribution in [2.75, 3.05) is 20.2 Å². The van der Waals surface area contributed by atoms with Crippen molar-refractivity contribution in [2.24, 2.45) is 0 Å². The number of amides is 2. The number of rotatable bonds is 5. The summed E-state index contributed by atoms with van der Waals surface area (Å²) < 4.78 is 5.63. The molecule has 0 unspecified atom stereocenters. The molecule has 0 spiro atoms. The van der Waals surface area contributed by atoms with E-state index in [1.165, 1.54) is 18.0 Å². The van der Waals surface area contributed by atoms with E-state index in [1.807, 2.05) is 20.8 Å². The van der Waals surface area contributed by atoms with Gasteiger partial charge in [-0.3, -0.25) is 9.59 Å². The number of likely N-dealkylation sites (N-methyl/N-ethyl adjacent to an activating group) is 1. The first-order chi connectivity index (χ1) is 11.0. The predicted octanol–water partition coefficient (Wildman–Crippen LogP) is 2.63. The summed E-state index contributed by atoms with van der Waals surface area (Å²) in [7, 11) is 1.46. The van der Waals surface area contributed by atoms with Gasteiger partial charge in [-0.15, -0.1) is 0 Å². The quantitative estimate of drug-likeness (QED) is 0.745. The molecule has 6 nitrogen and oxygen atoms in total. The van der Waals surface area contributed by atoms with E-state index in [0.29, 0.717) is 4.47 Å². The first kappa shape index (κ1) is 20.4. The molecule has 0 bridgehead atoms. The fraction of sp³-hybridized carbons (Fsp3) is 0.438. The van der Waals surface area contributed by atoms with Gasteiger partial charge in [0.1, 0.15) is 0 Å². The average Bonchev–Trinajstić information content (AvgIpc) is 2.44. The topological polar surface area (TPSA) is 75.7 Å². The molecule has 0 fully saturated rings. The lowest BCUT2D eigenvalue weighted by molar-refractivity contribution is -0.137. The lowest BCUT2D eigenvalue weighted by Crippen LogP contribution is -2.46. The summed E-state index contributed by atoms with van der Waals surface area (Å²) in [6.07, 6.45) is 0. The van der Waals surface area contributed by atoms with E-state index in [0.717, 1.165) is 0 Å². The van der Waals surface area contributed by atoms with Crippen LogP contribution in [0.2, 0.25) is 5.02 Å². The Morgan fingerprint density at radius 2 is 1.92 bits per heavy atom. The Bertz CT molecular complexity index is 643. The third kappa shape index (κ3) is 6.88. The number of benzene rings is 1. The molecular weight excluding hydrogens is 400 g/mol. The molecule has 0 aliphatic heterocycles. The first-order valence-corrected chi connectivity index (χ1v) is 8.34. The van der Waals surface area contributed by atoms with Gasteiger partial charge >= 0.3 is 5.97 Å². The highest BCUT2D eigenvalue weighted by Crippen LogP contribution is 2.21. The molecule has 0 aliphatic carbocycles. The molecular formula is C16H20BrClN2O4. The molecule has 2 amide bonds. The Morgan fingerprint density at radius 1 is 1.29 bits per heavy atom. The van der Waals surface area contributed by atoms with Crippen molar-refractivity contribution in [2.45, 2.75) is 26.3 Å². The molecule has 0 aromatic heterocycles. The summed E-state index contributed by atoms with van der Waals surface area (Å²) in [5.41, 5.74) is -0.225. The summed E-state index contributed by atoms with van der Waals surface area (Å²) in [4.78, 5) is 36.9. The maximum Gasteiger partial charge on any atom is 0.340 e. The largest absolute Gasteiger partial charge is 0.452 e. The zero-order valence-electron chi connectivity index (χ0n) is 14.0. The Kier molecular flexibility index (Phi) is 7.23. The van der Waals surface area contributed by atoms with E-state index < -0.39 is 18.5 Å². The van der Waals surface area contributed by atoms with Crippen LogP contribution in [0.15, 0.2) is 22.7 Å². The monoisotopic (exact) mass is 418 g/mol. The number of hydrogen-bond acceptors (Lipinski definition) is 4. The van der Waals surface area contributed by atoms with Crippen LogP contribution in [0.25, 0.3) is 0 Å². The number of nitrogens with one attached hydrogen (secondary N) is 1. The van der Waals surface area contributed by atoms with Gasteiger partial charge in [0.05, 0.1) is 17.1 Å². The zero-order chi connectivity index (χ0) is 18.5. The van der Waals surface area contributed by atoms with Gasteiger partial charge in [-0.1, -0.05) is 27.5 Å². The third-order valence-electron chi connectivity index (χ3n) is 2.80. The molecule has 132 valence electrons. The van der Waals surface area contributed by atoms with Gasteiger partial charge in [-0.25, -0.2) is 4.79 Å². The molecule has 1 aromatic rings. The maximum absolute atomic E-state index is 12.0. The molecule has 24 heavy (non-hydrogen) atoms. The van der Waals surface area contributed by atoms with Crippen molar-refractivity contribution in [3.63, 3.8) is 0 Å². The standard InChI is InChI=1S/C16H20BrClN2O4/c1-16(2,3)19-13(21)8-20(4)14(22)9-24-15(23)11-7-10(17)5-6-12(11)18/h5-7H,8-9H2,1-4H3,(H,19,21). The molecule has 0 atom stereocenters. The van der Waals surface area contributed by atoms with Gasteiger partial charge in [-0.2, -0.15) is 0 Å². The van der Waals surface area contributed by atoms with Crippen LogP contribution in [0.1, 0.15) is 31.1 Å². The SMILES string of the molecule is CN(CC(=O)NC(C)(C)C)C(=O)COC(=O)c1cc(Br)ccc1Cl. The Hall–Kier alpha value is -1.60.